The minimum Gasteiger partial charge on any atom is -0.505 e. The molecular weight excluding hydrogens is 554 g/mol. The van der Waals surface area contributed by atoms with Crippen molar-refractivity contribution in [1.82, 2.24) is 15.0 Å². The Bertz CT molecular complexity index is 1820. The molecule has 0 radical (unpaired) electrons. The molecule has 18 heteroatoms. The molecule has 0 aliphatic heterocycles. The van der Waals surface area contributed by atoms with Gasteiger partial charge in [-0.25, -0.2) is 0 Å². The first kappa shape index (κ1) is 26.7. The van der Waals surface area contributed by atoms with Gasteiger partial charge in [-0.1, -0.05) is 0 Å². The van der Waals surface area contributed by atoms with Crippen LogP contribution in [0.5, 0.6) is 11.5 Å². The van der Waals surface area contributed by atoms with E-state index in [0.29, 0.717) is 0 Å². The topological polar surface area (TPSA) is 214 Å². The summed E-state index contributed by atoms with van der Waals surface area (Å²) in [7, 11) is -8.61. The van der Waals surface area contributed by atoms with E-state index in [1.807, 2.05) is 0 Å². The molecule has 0 fully saturated rings. The number of nitrogens with zero attached hydrogens (tertiary/aromatic N) is 5. The van der Waals surface area contributed by atoms with Crippen molar-refractivity contribution < 1.29 is 44.6 Å². The Morgan fingerprint density at radius 2 is 1.53 bits per heavy atom. The van der Waals surface area contributed by atoms with Gasteiger partial charge in [0, 0.05) is 17.1 Å². The summed E-state index contributed by atoms with van der Waals surface area (Å²) < 4.78 is 98.3. The van der Waals surface area contributed by atoms with Gasteiger partial charge in [-0.3, -0.25) is 9.11 Å². The summed E-state index contributed by atoms with van der Waals surface area (Å²) in [5, 5.41) is 20.5. The van der Waals surface area contributed by atoms with Crippen LogP contribution in [-0.4, -0.2) is 53.1 Å². The van der Waals surface area contributed by atoms with Gasteiger partial charge in [0.1, 0.15) is 26.9 Å². The molecule has 38 heavy (non-hydrogen) atoms. The van der Waals surface area contributed by atoms with Crippen molar-refractivity contribution in [1.29, 1.82) is 0 Å². The molecule has 0 saturated heterocycles. The lowest BCUT2D eigenvalue weighted by Gasteiger charge is -2.11. The summed E-state index contributed by atoms with van der Waals surface area (Å²) in [5.74, 6) is -1.23. The second kappa shape index (κ2) is 9.82. The lowest BCUT2D eigenvalue weighted by Crippen LogP contribution is -2.04. The number of azo groups is 1. The maximum absolute atomic E-state index is 13.2. The number of phenolic OH excluding ortho intramolecular Hbond substituents is 1. The van der Waals surface area contributed by atoms with E-state index in [2.05, 4.69) is 30.5 Å². The van der Waals surface area contributed by atoms with E-state index in [4.69, 9.17) is 4.74 Å². The average Bonchev–Trinajstić information content (AvgIpc) is 2.81. The zero-order chi connectivity index (χ0) is 27.8. The lowest BCUT2D eigenvalue weighted by atomic mass is 10.1. The number of rotatable bonds is 7. The molecule has 1 heterocycles. The van der Waals surface area contributed by atoms with Crippen molar-refractivity contribution in [3.8, 4) is 11.5 Å². The van der Waals surface area contributed by atoms with E-state index < -0.39 is 65.3 Å². The van der Waals surface area contributed by atoms with Gasteiger partial charge in [0.25, 0.3) is 20.2 Å². The molecule has 0 aliphatic rings. The Balaban J connectivity index is 1.84. The summed E-state index contributed by atoms with van der Waals surface area (Å²) in [4.78, 5) is 7.65. The van der Waals surface area contributed by atoms with E-state index in [-0.39, 0.29) is 22.2 Å². The van der Waals surface area contributed by atoms with Gasteiger partial charge in [0.15, 0.2) is 5.75 Å². The van der Waals surface area contributed by atoms with Gasteiger partial charge in [-0.2, -0.15) is 40.6 Å². The molecule has 0 unspecified atom stereocenters. The fourth-order valence-corrected chi connectivity index (χ4v) is 4.54. The molecular formula is C20H14F2N6O8S2. The highest BCUT2D eigenvalue weighted by Crippen LogP contribution is 2.42. The highest BCUT2D eigenvalue weighted by molar-refractivity contribution is 7.86. The third-order valence-electron chi connectivity index (χ3n) is 4.87. The molecule has 198 valence electrons. The molecule has 0 atom stereocenters. The van der Waals surface area contributed by atoms with Crippen LogP contribution in [0.2, 0.25) is 0 Å². The zero-order valence-electron chi connectivity index (χ0n) is 18.7. The van der Waals surface area contributed by atoms with Crippen molar-refractivity contribution in [2.24, 2.45) is 10.2 Å². The lowest BCUT2D eigenvalue weighted by molar-refractivity contribution is 0.412. The number of fused-ring (bicyclic) bond motifs is 1. The largest absolute Gasteiger partial charge is 0.505 e. The van der Waals surface area contributed by atoms with Crippen LogP contribution in [0.25, 0.3) is 10.8 Å². The van der Waals surface area contributed by atoms with E-state index in [9.17, 15) is 39.8 Å². The van der Waals surface area contributed by atoms with Crippen molar-refractivity contribution in [2.45, 2.75) is 9.79 Å². The van der Waals surface area contributed by atoms with Crippen LogP contribution in [-0.2, 0) is 20.2 Å². The zero-order valence-corrected chi connectivity index (χ0v) is 20.4. The summed E-state index contributed by atoms with van der Waals surface area (Å²) in [5.41, 5.74) is -1.08. The van der Waals surface area contributed by atoms with Crippen molar-refractivity contribution >= 4 is 54.0 Å². The average molecular weight is 568 g/mol. The van der Waals surface area contributed by atoms with Gasteiger partial charge < -0.3 is 15.2 Å². The molecule has 14 nitrogen and oxygen atoms in total. The predicted octanol–water partition coefficient (Wildman–Crippen LogP) is 3.67. The minimum atomic E-state index is -5.04. The minimum absolute atomic E-state index is 0.00496. The summed E-state index contributed by atoms with van der Waals surface area (Å²) in [6.07, 6.45) is -2.78. The summed E-state index contributed by atoms with van der Waals surface area (Å²) in [6, 6.07) is 8.06. The quantitative estimate of drug-likeness (QED) is 0.186. The number of halogens is 2. The number of hydrogen-bond donors (Lipinski definition) is 4. The van der Waals surface area contributed by atoms with Crippen molar-refractivity contribution in [2.75, 3.05) is 12.4 Å². The first-order valence-electron chi connectivity index (χ1n) is 9.95. The number of benzene rings is 3. The Morgan fingerprint density at radius 3 is 2.13 bits per heavy atom. The smallest absolute Gasteiger partial charge is 0.315 e. The molecule has 4 aromatic rings. The van der Waals surface area contributed by atoms with E-state index in [1.165, 1.54) is 31.4 Å². The van der Waals surface area contributed by atoms with E-state index >= 15 is 0 Å². The van der Waals surface area contributed by atoms with Crippen molar-refractivity contribution in [3.63, 3.8) is 0 Å². The molecule has 4 N–H and O–H groups in total. The van der Waals surface area contributed by atoms with Crippen LogP contribution >= 0.6 is 0 Å². The maximum Gasteiger partial charge on any atom is 0.315 e. The molecule has 0 saturated carbocycles. The number of methoxy groups -OCH3 is 1. The molecule has 0 spiro atoms. The van der Waals surface area contributed by atoms with Gasteiger partial charge in [0.2, 0.25) is 5.95 Å². The Labute approximate surface area is 212 Å². The number of aromatic nitrogens is 3. The highest BCUT2D eigenvalue weighted by Gasteiger charge is 2.23. The van der Waals surface area contributed by atoms with Gasteiger partial charge >= 0.3 is 12.2 Å². The third kappa shape index (κ3) is 5.62. The maximum atomic E-state index is 13.2. The summed E-state index contributed by atoms with van der Waals surface area (Å²) >= 11 is 0. The van der Waals surface area contributed by atoms with Crippen LogP contribution in [0.4, 0.5) is 31.8 Å². The van der Waals surface area contributed by atoms with Gasteiger partial charge in [-0.15, -0.1) is 10.2 Å². The fraction of sp³-hybridized carbons (Fsp3) is 0.0500. The molecule has 4 rings (SSSR count). The van der Waals surface area contributed by atoms with E-state index in [0.717, 1.165) is 18.2 Å². The van der Waals surface area contributed by atoms with E-state index in [1.54, 1.807) is 0 Å². The van der Waals surface area contributed by atoms with Crippen LogP contribution in [0.1, 0.15) is 0 Å². The Hall–Kier alpha value is -4.39. The number of phenols is 1. The third-order valence-corrected chi connectivity index (χ3v) is 6.62. The second-order valence-corrected chi connectivity index (χ2v) is 10.1. The second-order valence-electron chi connectivity index (χ2n) is 7.31. The first-order chi connectivity index (χ1) is 17.8. The SMILES string of the molecule is COc1ccc(N=Nc2c(S(=O)(=O)O)cc3cc(Nc4nc(F)nc(F)n4)ccc3c2O)c(S(=O)(=O)O)c1. The monoisotopic (exact) mass is 568 g/mol. The number of nitrogens with one attached hydrogen (secondary N) is 1. The van der Waals surface area contributed by atoms with Crippen LogP contribution in [0.15, 0.2) is 62.5 Å². The van der Waals surface area contributed by atoms with Gasteiger partial charge in [-0.05, 0) is 41.8 Å². The van der Waals surface area contributed by atoms with Gasteiger partial charge in [0.05, 0.1) is 7.11 Å². The molecule has 0 amide bonds. The fourth-order valence-electron chi connectivity index (χ4n) is 3.25. The molecule has 3 aromatic carbocycles. The number of anilines is 2. The first-order valence-corrected chi connectivity index (χ1v) is 12.8. The number of ether oxygens (including phenoxy) is 1. The van der Waals surface area contributed by atoms with Crippen LogP contribution in [0, 0.1) is 12.2 Å². The Kier molecular flexibility index (Phi) is 6.89. The molecule has 0 bridgehead atoms. The Morgan fingerprint density at radius 1 is 0.868 bits per heavy atom. The molecule has 0 aliphatic carbocycles. The molecule has 1 aromatic heterocycles. The van der Waals surface area contributed by atoms with Crippen LogP contribution < -0.4 is 10.1 Å². The normalized spacial score (nSPS) is 12.2. The van der Waals surface area contributed by atoms with Crippen molar-refractivity contribution in [3.05, 3.63) is 54.6 Å². The highest BCUT2D eigenvalue weighted by atomic mass is 32.2. The number of aromatic hydroxyl groups is 1. The number of hydrogen-bond acceptors (Lipinski definition) is 12. The van der Waals surface area contributed by atoms with Crippen LogP contribution in [0.3, 0.4) is 0 Å². The predicted molar refractivity (Wildman–Crippen MR) is 125 cm³/mol. The summed E-state index contributed by atoms with van der Waals surface area (Å²) in [6.45, 7) is 0. The standard InChI is InChI=1S/C20H14F2N6O8S2/c1-36-11-3-5-13(14(8-11)37(30,31)32)27-28-16-15(38(33,34)35)7-9-6-10(2-4-12(9)17(16)29)23-20-25-18(21)24-19(22)26-20/h2-8,29H,1H3,(H,30,31,32)(H,33,34,35)(H,23,24,25,26).